The van der Waals surface area contributed by atoms with E-state index in [2.05, 4.69) is 49.1 Å². The standard InChI is InChI=1S/C19H28N6/c1-15-8-7-13-24(14-15)18(17-11-5-6-12-20-17)19-21-22-23-25(19)16-9-3-2-4-10-16/h5-6,11-12,15-16,18H,2-4,7-10,13-14H2,1H3. The third-order valence-electron chi connectivity index (χ3n) is 5.70. The summed E-state index contributed by atoms with van der Waals surface area (Å²) in [6, 6.07) is 6.65. The fourth-order valence-electron chi connectivity index (χ4n) is 4.45. The highest BCUT2D eigenvalue weighted by molar-refractivity contribution is 5.18. The minimum atomic E-state index is 0.0564. The van der Waals surface area contributed by atoms with Crippen molar-refractivity contribution in [1.82, 2.24) is 30.1 Å². The molecule has 2 aromatic rings. The molecule has 0 amide bonds. The van der Waals surface area contributed by atoms with E-state index in [1.54, 1.807) is 0 Å². The number of nitrogens with zero attached hydrogens (tertiary/aromatic N) is 6. The van der Waals surface area contributed by atoms with Crippen LogP contribution in [0.4, 0.5) is 0 Å². The molecule has 2 aromatic heterocycles. The van der Waals surface area contributed by atoms with Crippen molar-refractivity contribution in [2.24, 2.45) is 5.92 Å². The molecule has 1 saturated heterocycles. The van der Waals surface area contributed by atoms with Crippen molar-refractivity contribution >= 4 is 0 Å². The molecule has 1 saturated carbocycles. The average Bonchev–Trinajstić information content (AvgIpc) is 3.13. The number of aromatic nitrogens is 5. The SMILES string of the molecule is CC1CCCN(C(c2ccccn2)c2nnnn2C2CCCCC2)C1. The summed E-state index contributed by atoms with van der Waals surface area (Å²) >= 11 is 0. The van der Waals surface area contributed by atoms with E-state index in [1.807, 2.05) is 12.3 Å². The zero-order valence-electron chi connectivity index (χ0n) is 15.1. The van der Waals surface area contributed by atoms with Crippen LogP contribution in [0.2, 0.25) is 0 Å². The van der Waals surface area contributed by atoms with Crippen LogP contribution in [0.3, 0.4) is 0 Å². The molecule has 1 aliphatic carbocycles. The molecule has 0 radical (unpaired) electrons. The quantitative estimate of drug-likeness (QED) is 0.854. The first kappa shape index (κ1) is 16.6. The van der Waals surface area contributed by atoms with E-state index in [0.29, 0.717) is 12.0 Å². The van der Waals surface area contributed by atoms with Gasteiger partial charge in [0.2, 0.25) is 0 Å². The molecule has 2 fully saturated rings. The summed E-state index contributed by atoms with van der Waals surface area (Å²) in [4.78, 5) is 7.20. The smallest absolute Gasteiger partial charge is 0.174 e. The molecule has 3 heterocycles. The van der Waals surface area contributed by atoms with Crippen LogP contribution in [-0.4, -0.2) is 43.2 Å². The van der Waals surface area contributed by atoms with Gasteiger partial charge in [0.25, 0.3) is 0 Å². The van der Waals surface area contributed by atoms with Crippen molar-refractivity contribution in [3.05, 3.63) is 35.9 Å². The van der Waals surface area contributed by atoms with Gasteiger partial charge in [-0.25, -0.2) is 4.68 Å². The van der Waals surface area contributed by atoms with Crippen LogP contribution in [-0.2, 0) is 0 Å². The third-order valence-corrected chi connectivity index (χ3v) is 5.70. The third kappa shape index (κ3) is 3.59. The van der Waals surface area contributed by atoms with Crippen LogP contribution < -0.4 is 0 Å². The molecule has 6 heteroatoms. The Kier molecular flexibility index (Phi) is 5.06. The second-order valence-corrected chi connectivity index (χ2v) is 7.67. The fourth-order valence-corrected chi connectivity index (χ4v) is 4.45. The number of tetrazole rings is 1. The van der Waals surface area contributed by atoms with Gasteiger partial charge >= 0.3 is 0 Å². The van der Waals surface area contributed by atoms with E-state index >= 15 is 0 Å². The Morgan fingerprint density at radius 1 is 1.08 bits per heavy atom. The lowest BCUT2D eigenvalue weighted by Gasteiger charge is -2.37. The summed E-state index contributed by atoms with van der Waals surface area (Å²) in [5, 5.41) is 13.0. The van der Waals surface area contributed by atoms with Gasteiger partial charge in [-0.3, -0.25) is 9.88 Å². The summed E-state index contributed by atoms with van der Waals surface area (Å²) in [5.74, 6) is 1.68. The summed E-state index contributed by atoms with van der Waals surface area (Å²) in [6.45, 7) is 4.51. The van der Waals surface area contributed by atoms with Crippen LogP contribution in [0.15, 0.2) is 24.4 Å². The zero-order valence-corrected chi connectivity index (χ0v) is 15.1. The largest absolute Gasteiger partial charge is 0.288 e. The molecule has 0 N–H and O–H groups in total. The number of likely N-dealkylation sites (tertiary alicyclic amines) is 1. The lowest BCUT2D eigenvalue weighted by atomic mass is 9.94. The first-order valence-electron chi connectivity index (χ1n) is 9.75. The molecule has 2 atom stereocenters. The molecule has 0 aromatic carbocycles. The highest BCUT2D eigenvalue weighted by Gasteiger charge is 2.33. The van der Waals surface area contributed by atoms with E-state index < -0.39 is 0 Å². The Morgan fingerprint density at radius 2 is 1.96 bits per heavy atom. The van der Waals surface area contributed by atoms with Gasteiger partial charge < -0.3 is 0 Å². The van der Waals surface area contributed by atoms with Gasteiger partial charge in [0.1, 0.15) is 6.04 Å². The normalized spacial score (nSPS) is 24.3. The number of hydrogen-bond donors (Lipinski definition) is 0. The molecule has 4 rings (SSSR count). The lowest BCUT2D eigenvalue weighted by Crippen LogP contribution is -2.39. The minimum Gasteiger partial charge on any atom is -0.288 e. The summed E-state index contributed by atoms with van der Waals surface area (Å²) in [6.07, 6.45) is 10.7. The van der Waals surface area contributed by atoms with E-state index in [9.17, 15) is 0 Å². The highest BCUT2D eigenvalue weighted by atomic mass is 15.6. The molecule has 2 aliphatic rings. The minimum absolute atomic E-state index is 0.0564. The predicted octanol–water partition coefficient (Wildman–Crippen LogP) is 3.39. The predicted molar refractivity (Wildman–Crippen MR) is 96.0 cm³/mol. The molecule has 6 nitrogen and oxygen atoms in total. The lowest BCUT2D eigenvalue weighted by molar-refractivity contribution is 0.136. The average molecular weight is 340 g/mol. The first-order valence-corrected chi connectivity index (χ1v) is 9.75. The van der Waals surface area contributed by atoms with Gasteiger partial charge in [-0.15, -0.1) is 5.10 Å². The molecular formula is C19H28N6. The molecule has 134 valence electrons. The Hall–Kier alpha value is -1.82. The Balaban J connectivity index is 1.70. The monoisotopic (exact) mass is 340 g/mol. The van der Waals surface area contributed by atoms with Crippen LogP contribution >= 0.6 is 0 Å². The number of hydrogen-bond acceptors (Lipinski definition) is 5. The van der Waals surface area contributed by atoms with Gasteiger partial charge in [-0.1, -0.05) is 32.3 Å². The van der Waals surface area contributed by atoms with Crippen LogP contribution in [0, 0.1) is 5.92 Å². The summed E-state index contributed by atoms with van der Waals surface area (Å²) in [5.41, 5.74) is 1.06. The number of rotatable bonds is 4. The fraction of sp³-hybridized carbons (Fsp3) is 0.684. The number of piperidine rings is 1. The summed E-state index contributed by atoms with van der Waals surface area (Å²) in [7, 11) is 0. The van der Waals surface area contributed by atoms with E-state index in [1.165, 1.54) is 44.9 Å². The van der Waals surface area contributed by atoms with Crippen LogP contribution in [0.25, 0.3) is 0 Å². The Morgan fingerprint density at radius 3 is 2.72 bits per heavy atom. The van der Waals surface area contributed by atoms with E-state index in [0.717, 1.165) is 24.6 Å². The van der Waals surface area contributed by atoms with Crippen molar-refractivity contribution in [2.45, 2.75) is 64.0 Å². The van der Waals surface area contributed by atoms with Gasteiger partial charge in [0.05, 0.1) is 11.7 Å². The van der Waals surface area contributed by atoms with Crippen molar-refractivity contribution in [3.63, 3.8) is 0 Å². The van der Waals surface area contributed by atoms with E-state index in [-0.39, 0.29) is 6.04 Å². The van der Waals surface area contributed by atoms with Crippen molar-refractivity contribution in [1.29, 1.82) is 0 Å². The maximum absolute atomic E-state index is 4.67. The Labute approximate surface area is 149 Å². The van der Waals surface area contributed by atoms with Gasteiger partial charge in [-0.2, -0.15) is 0 Å². The topological polar surface area (TPSA) is 59.7 Å². The maximum Gasteiger partial charge on any atom is 0.174 e. The van der Waals surface area contributed by atoms with Crippen molar-refractivity contribution < 1.29 is 0 Å². The molecule has 0 spiro atoms. The molecule has 2 unspecified atom stereocenters. The zero-order chi connectivity index (χ0) is 17.1. The summed E-state index contributed by atoms with van der Waals surface area (Å²) < 4.78 is 2.11. The second kappa shape index (κ2) is 7.60. The maximum atomic E-state index is 4.67. The highest BCUT2D eigenvalue weighted by Crippen LogP contribution is 2.34. The first-order chi connectivity index (χ1) is 12.3. The van der Waals surface area contributed by atoms with Crippen LogP contribution in [0.1, 0.15) is 75.5 Å². The van der Waals surface area contributed by atoms with Gasteiger partial charge in [0, 0.05) is 12.7 Å². The van der Waals surface area contributed by atoms with Gasteiger partial charge in [-0.05, 0) is 60.7 Å². The van der Waals surface area contributed by atoms with Gasteiger partial charge in [0.15, 0.2) is 5.82 Å². The molecule has 25 heavy (non-hydrogen) atoms. The second-order valence-electron chi connectivity index (χ2n) is 7.67. The van der Waals surface area contributed by atoms with Crippen molar-refractivity contribution in [2.75, 3.05) is 13.1 Å². The van der Waals surface area contributed by atoms with Crippen molar-refractivity contribution in [3.8, 4) is 0 Å². The molecular weight excluding hydrogens is 312 g/mol. The van der Waals surface area contributed by atoms with E-state index in [4.69, 9.17) is 0 Å². The Bertz CT molecular complexity index is 664. The number of pyridine rings is 1. The molecule has 1 aliphatic heterocycles. The van der Waals surface area contributed by atoms with Crippen LogP contribution in [0.5, 0.6) is 0 Å². The molecule has 0 bridgehead atoms.